The Labute approximate surface area is 148 Å². The Hall–Kier alpha value is -3.18. The first-order valence-corrected chi connectivity index (χ1v) is 7.93. The van der Waals surface area contributed by atoms with E-state index in [1.807, 2.05) is 12.1 Å². The summed E-state index contributed by atoms with van der Waals surface area (Å²) in [6, 6.07) is 13.7. The molecule has 0 unspecified atom stereocenters. The van der Waals surface area contributed by atoms with Crippen LogP contribution in [0.3, 0.4) is 0 Å². The Morgan fingerprint density at radius 3 is 2.80 bits per heavy atom. The average Bonchev–Trinajstić information content (AvgIpc) is 3.10. The SMILES string of the molecule is O=C(c1cnn(-c2ccnc3cc(Cl)ccc23)c1)c1ccccc1O. The second-order valence-corrected chi connectivity index (χ2v) is 5.95. The molecule has 0 radical (unpaired) electrons. The normalized spacial score (nSPS) is 10.9. The van der Waals surface area contributed by atoms with Gasteiger partial charge in [0.2, 0.25) is 0 Å². The number of carbonyl (C=O) groups excluding carboxylic acids is 1. The van der Waals surface area contributed by atoms with Gasteiger partial charge in [0.15, 0.2) is 5.78 Å². The molecule has 2 aromatic carbocycles. The number of pyridine rings is 1. The van der Waals surface area contributed by atoms with Gasteiger partial charge in [-0.3, -0.25) is 9.78 Å². The highest BCUT2D eigenvalue weighted by molar-refractivity contribution is 6.31. The summed E-state index contributed by atoms with van der Waals surface area (Å²) < 4.78 is 1.62. The molecule has 0 aliphatic heterocycles. The Bertz CT molecular complexity index is 1100. The third-order valence-electron chi connectivity index (χ3n) is 3.92. The standard InChI is InChI=1S/C19H12ClN3O2/c20-13-5-6-14-16(9-13)21-8-7-17(14)23-11-12(10-22-23)19(25)15-3-1-2-4-18(15)24/h1-11,24H. The maximum Gasteiger partial charge on any atom is 0.199 e. The van der Waals surface area contributed by atoms with E-state index in [4.69, 9.17) is 11.6 Å². The van der Waals surface area contributed by atoms with Crippen molar-refractivity contribution in [1.29, 1.82) is 0 Å². The minimum Gasteiger partial charge on any atom is -0.507 e. The molecule has 6 heteroatoms. The van der Waals surface area contributed by atoms with Crippen molar-refractivity contribution in [3.63, 3.8) is 0 Å². The second kappa shape index (κ2) is 6.03. The van der Waals surface area contributed by atoms with Crippen molar-refractivity contribution in [2.75, 3.05) is 0 Å². The fourth-order valence-electron chi connectivity index (χ4n) is 2.70. The summed E-state index contributed by atoms with van der Waals surface area (Å²) in [7, 11) is 0. The lowest BCUT2D eigenvalue weighted by atomic mass is 10.1. The summed E-state index contributed by atoms with van der Waals surface area (Å²) in [4.78, 5) is 16.9. The first-order valence-electron chi connectivity index (χ1n) is 7.55. The van der Waals surface area contributed by atoms with Crippen molar-refractivity contribution >= 4 is 28.3 Å². The molecule has 2 aromatic heterocycles. The Morgan fingerprint density at radius 2 is 1.96 bits per heavy atom. The summed E-state index contributed by atoms with van der Waals surface area (Å²) in [6.45, 7) is 0. The van der Waals surface area contributed by atoms with E-state index in [-0.39, 0.29) is 17.1 Å². The van der Waals surface area contributed by atoms with Crippen LogP contribution in [0.1, 0.15) is 15.9 Å². The Morgan fingerprint density at radius 1 is 1.12 bits per heavy atom. The zero-order valence-corrected chi connectivity index (χ0v) is 13.7. The Kier molecular flexibility index (Phi) is 3.71. The van der Waals surface area contributed by atoms with Crippen molar-refractivity contribution < 1.29 is 9.90 Å². The number of nitrogens with zero attached hydrogens (tertiary/aromatic N) is 3. The molecule has 0 fully saturated rings. The summed E-state index contributed by atoms with van der Waals surface area (Å²) in [5, 5.41) is 15.6. The third kappa shape index (κ3) is 2.75. The predicted octanol–water partition coefficient (Wildman–Crippen LogP) is 4.01. The van der Waals surface area contributed by atoms with E-state index in [2.05, 4.69) is 10.1 Å². The maximum absolute atomic E-state index is 12.6. The molecule has 0 saturated carbocycles. The third-order valence-corrected chi connectivity index (χ3v) is 4.16. The van der Waals surface area contributed by atoms with Gasteiger partial charge in [-0.05, 0) is 36.4 Å². The zero-order chi connectivity index (χ0) is 17.4. The highest BCUT2D eigenvalue weighted by atomic mass is 35.5. The summed E-state index contributed by atoms with van der Waals surface area (Å²) in [5.74, 6) is -0.338. The van der Waals surface area contributed by atoms with E-state index in [1.54, 1.807) is 47.4 Å². The van der Waals surface area contributed by atoms with Gasteiger partial charge in [-0.15, -0.1) is 0 Å². The van der Waals surface area contributed by atoms with Gasteiger partial charge in [-0.25, -0.2) is 4.68 Å². The number of phenols is 1. The number of hydrogen-bond acceptors (Lipinski definition) is 4. The predicted molar refractivity (Wildman–Crippen MR) is 95.4 cm³/mol. The number of benzene rings is 2. The number of fused-ring (bicyclic) bond motifs is 1. The number of halogens is 1. The average molecular weight is 350 g/mol. The highest BCUT2D eigenvalue weighted by Gasteiger charge is 2.16. The lowest BCUT2D eigenvalue weighted by molar-refractivity contribution is 0.103. The van der Waals surface area contributed by atoms with E-state index in [0.29, 0.717) is 10.6 Å². The van der Waals surface area contributed by atoms with Crippen LogP contribution in [0.4, 0.5) is 0 Å². The largest absolute Gasteiger partial charge is 0.507 e. The molecule has 0 aliphatic rings. The molecule has 25 heavy (non-hydrogen) atoms. The quantitative estimate of drug-likeness (QED) is 0.567. The number of phenolic OH excluding ortho intramolecular Hbond substituents is 1. The van der Waals surface area contributed by atoms with Crippen molar-refractivity contribution in [3.05, 3.63) is 83.3 Å². The molecule has 0 spiro atoms. The van der Waals surface area contributed by atoms with E-state index in [1.165, 1.54) is 12.3 Å². The molecule has 122 valence electrons. The van der Waals surface area contributed by atoms with E-state index in [0.717, 1.165) is 16.6 Å². The van der Waals surface area contributed by atoms with Crippen LogP contribution in [0, 0.1) is 0 Å². The number of para-hydroxylation sites is 1. The first-order chi connectivity index (χ1) is 12.1. The van der Waals surface area contributed by atoms with Gasteiger partial charge in [0, 0.05) is 22.8 Å². The molecule has 2 heterocycles. The molecule has 0 aliphatic carbocycles. The van der Waals surface area contributed by atoms with Gasteiger partial charge in [-0.2, -0.15) is 5.10 Å². The maximum atomic E-state index is 12.6. The smallest absolute Gasteiger partial charge is 0.199 e. The van der Waals surface area contributed by atoms with Gasteiger partial charge in [0.25, 0.3) is 0 Å². The number of aromatic nitrogens is 3. The van der Waals surface area contributed by atoms with Crippen LogP contribution in [0.5, 0.6) is 5.75 Å². The first kappa shape index (κ1) is 15.4. The number of hydrogen-bond donors (Lipinski definition) is 1. The minimum absolute atomic E-state index is 0.0516. The zero-order valence-electron chi connectivity index (χ0n) is 12.9. The van der Waals surface area contributed by atoms with Gasteiger partial charge in [0.1, 0.15) is 5.75 Å². The fourth-order valence-corrected chi connectivity index (χ4v) is 2.87. The molecular formula is C19H12ClN3O2. The fraction of sp³-hybridized carbons (Fsp3) is 0. The summed E-state index contributed by atoms with van der Waals surface area (Å²) >= 11 is 6.01. The van der Waals surface area contributed by atoms with Crippen molar-refractivity contribution in [2.24, 2.45) is 0 Å². The molecule has 4 rings (SSSR count). The van der Waals surface area contributed by atoms with E-state index < -0.39 is 0 Å². The number of aromatic hydroxyl groups is 1. The van der Waals surface area contributed by atoms with Crippen molar-refractivity contribution in [2.45, 2.75) is 0 Å². The van der Waals surface area contributed by atoms with Crippen LogP contribution >= 0.6 is 11.6 Å². The molecule has 1 N–H and O–H groups in total. The summed E-state index contributed by atoms with van der Waals surface area (Å²) in [5.41, 5.74) is 2.17. The Balaban J connectivity index is 1.78. The molecular weight excluding hydrogens is 338 g/mol. The molecule has 0 atom stereocenters. The molecule has 0 saturated heterocycles. The number of carbonyl (C=O) groups is 1. The van der Waals surface area contributed by atoms with Crippen LogP contribution in [0.2, 0.25) is 5.02 Å². The highest BCUT2D eigenvalue weighted by Crippen LogP contribution is 2.24. The van der Waals surface area contributed by atoms with Crippen LogP contribution in [0.25, 0.3) is 16.6 Å². The van der Waals surface area contributed by atoms with E-state index >= 15 is 0 Å². The number of ketones is 1. The van der Waals surface area contributed by atoms with Crippen LogP contribution < -0.4 is 0 Å². The lowest BCUT2D eigenvalue weighted by Gasteiger charge is -2.06. The molecule has 4 aromatic rings. The number of rotatable bonds is 3. The van der Waals surface area contributed by atoms with Crippen molar-refractivity contribution in [1.82, 2.24) is 14.8 Å². The minimum atomic E-state index is -0.286. The molecule has 0 amide bonds. The van der Waals surface area contributed by atoms with Gasteiger partial charge in [-0.1, -0.05) is 23.7 Å². The van der Waals surface area contributed by atoms with Crippen molar-refractivity contribution in [3.8, 4) is 11.4 Å². The molecule has 5 nitrogen and oxygen atoms in total. The summed E-state index contributed by atoms with van der Waals surface area (Å²) in [6.07, 6.45) is 4.79. The molecule has 0 bridgehead atoms. The van der Waals surface area contributed by atoms with Crippen LogP contribution in [-0.4, -0.2) is 25.7 Å². The van der Waals surface area contributed by atoms with Gasteiger partial charge < -0.3 is 5.11 Å². The van der Waals surface area contributed by atoms with Gasteiger partial charge in [0.05, 0.1) is 28.5 Å². The second-order valence-electron chi connectivity index (χ2n) is 5.51. The van der Waals surface area contributed by atoms with Crippen LogP contribution in [-0.2, 0) is 0 Å². The van der Waals surface area contributed by atoms with Gasteiger partial charge >= 0.3 is 0 Å². The van der Waals surface area contributed by atoms with E-state index in [9.17, 15) is 9.90 Å². The van der Waals surface area contributed by atoms with Crippen LogP contribution in [0.15, 0.2) is 67.1 Å². The topological polar surface area (TPSA) is 68.0 Å². The lowest BCUT2D eigenvalue weighted by Crippen LogP contribution is -2.00. The monoisotopic (exact) mass is 349 g/mol.